The molecule has 0 saturated heterocycles. The summed E-state index contributed by atoms with van der Waals surface area (Å²) in [7, 11) is -3.55. The van der Waals surface area contributed by atoms with Crippen LogP contribution in [0.4, 0.5) is 0 Å². The Morgan fingerprint density at radius 3 is 2.38 bits per heavy atom. The Bertz CT molecular complexity index is 798. The normalized spacial score (nSPS) is 11.9. The quantitative estimate of drug-likeness (QED) is 0.831. The van der Waals surface area contributed by atoms with E-state index in [2.05, 4.69) is 4.72 Å². The summed E-state index contributed by atoms with van der Waals surface area (Å²) < 4.78 is 33.6. The number of ether oxygens (including phenoxy) is 1. The lowest BCUT2D eigenvalue weighted by Gasteiger charge is -2.14. The summed E-state index contributed by atoms with van der Waals surface area (Å²) in [5.74, 6) is 0. The Morgan fingerprint density at radius 1 is 1.04 bits per heavy atom. The lowest BCUT2D eigenvalue weighted by atomic mass is 10.1. The first kappa shape index (κ1) is 18.6. The van der Waals surface area contributed by atoms with Gasteiger partial charge < -0.3 is 4.74 Å². The highest BCUT2D eigenvalue weighted by atomic mass is 32.2. The van der Waals surface area contributed by atoms with Crippen LogP contribution in [0.2, 0.25) is 0 Å². The van der Waals surface area contributed by atoms with E-state index in [-0.39, 0.29) is 12.6 Å². The minimum Gasteiger partial charge on any atom is -0.374 e. The second-order valence-corrected chi connectivity index (χ2v) is 7.96. The van der Waals surface area contributed by atoms with Gasteiger partial charge in [0.05, 0.1) is 17.6 Å². The third-order valence-electron chi connectivity index (χ3n) is 3.78. The Balaban J connectivity index is 2.17. The second-order valence-electron chi connectivity index (χ2n) is 6.22. The Kier molecular flexibility index (Phi) is 6.15. The Labute approximate surface area is 144 Å². The standard InChI is InChI=1S/C19H25NO3S/c1-14(2)23-13-18-8-6-5-7-17(18)12-20-24(21,22)19-11-15(3)9-10-16(19)4/h5-11,14,20H,12-13H2,1-4H3. The molecule has 1 N–H and O–H groups in total. The fourth-order valence-corrected chi connectivity index (χ4v) is 3.71. The molecule has 0 fully saturated rings. The van der Waals surface area contributed by atoms with E-state index in [1.165, 1.54) is 0 Å². The van der Waals surface area contributed by atoms with E-state index in [1.54, 1.807) is 13.0 Å². The lowest BCUT2D eigenvalue weighted by Crippen LogP contribution is -2.24. The maximum atomic E-state index is 12.6. The number of hydrogen-bond acceptors (Lipinski definition) is 3. The molecule has 0 bridgehead atoms. The Hall–Kier alpha value is -1.69. The molecule has 0 saturated carbocycles. The minimum absolute atomic E-state index is 0.129. The summed E-state index contributed by atoms with van der Waals surface area (Å²) in [5.41, 5.74) is 3.58. The predicted octanol–water partition coefficient (Wildman–Crippen LogP) is 3.71. The molecule has 0 aliphatic rings. The van der Waals surface area contributed by atoms with Crippen molar-refractivity contribution in [2.24, 2.45) is 0 Å². The van der Waals surface area contributed by atoms with E-state index in [9.17, 15) is 8.42 Å². The largest absolute Gasteiger partial charge is 0.374 e. The highest BCUT2D eigenvalue weighted by molar-refractivity contribution is 7.89. The first-order valence-corrected chi connectivity index (χ1v) is 9.53. The molecule has 0 aliphatic carbocycles. The number of hydrogen-bond donors (Lipinski definition) is 1. The minimum atomic E-state index is -3.55. The molecule has 0 aliphatic heterocycles. The first-order valence-electron chi connectivity index (χ1n) is 8.05. The molecule has 0 aromatic heterocycles. The summed E-state index contributed by atoms with van der Waals surface area (Å²) in [6.45, 7) is 8.36. The molecule has 2 rings (SSSR count). The topological polar surface area (TPSA) is 55.4 Å². The van der Waals surface area contributed by atoms with Crippen LogP contribution in [0.1, 0.15) is 36.1 Å². The van der Waals surface area contributed by atoms with E-state index < -0.39 is 10.0 Å². The second kappa shape index (κ2) is 7.92. The highest BCUT2D eigenvalue weighted by Crippen LogP contribution is 2.18. The maximum absolute atomic E-state index is 12.6. The van der Waals surface area contributed by atoms with Crippen molar-refractivity contribution < 1.29 is 13.2 Å². The fourth-order valence-electron chi connectivity index (χ4n) is 2.37. The lowest BCUT2D eigenvalue weighted by molar-refractivity contribution is 0.0652. The van der Waals surface area contributed by atoms with Gasteiger partial charge in [-0.2, -0.15) is 0 Å². The molecule has 0 heterocycles. The van der Waals surface area contributed by atoms with E-state index in [1.807, 2.05) is 57.2 Å². The van der Waals surface area contributed by atoms with Gasteiger partial charge in [0.25, 0.3) is 0 Å². The van der Waals surface area contributed by atoms with Crippen molar-refractivity contribution in [3.63, 3.8) is 0 Å². The molecule has 2 aromatic rings. The molecule has 4 nitrogen and oxygen atoms in total. The number of sulfonamides is 1. The summed E-state index contributed by atoms with van der Waals surface area (Å²) in [6, 6.07) is 13.2. The molecule has 0 radical (unpaired) electrons. The molecular weight excluding hydrogens is 322 g/mol. The van der Waals surface area contributed by atoms with Crippen LogP contribution < -0.4 is 4.72 Å². The zero-order chi connectivity index (χ0) is 17.7. The monoisotopic (exact) mass is 347 g/mol. The zero-order valence-corrected chi connectivity index (χ0v) is 15.5. The van der Waals surface area contributed by atoms with Crippen molar-refractivity contribution in [2.75, 3.05) is 0 Å². The van der Waals surface area contributed by atoms with Crippen LogP contribution in [0, 0.1) is 13.8 Å². The van der Waals surface area contributed by atoms with Crippen LogP contribution >= 0.6 is 0 Å². The van der Waals surface area contributed by atoms with Crippen LogP contribution in [0.25, 0.3) is 0 Å². The average Bonchev–Trinajstić information content (AvgIpc) is 2.54. The van der Waals surface area contributed by atoms with Gasteiger partial charge in [0.15, 0.2) is 0 Å². The van der Waals surface area contributed by atoms with Gasteiger partial charge in [-0.15, -0.1) is 0 Å². The molecule has 0 atom stereocenters. The third kappa shape index (κ3) is 4.90. The van der Waals surface area contributed by atoms with E-state index in [0.717, 1.165) is 22.3 Å². The van der Waals surface area contributed by atoms with Gasteiger partial charge in [-0.3, -0.25) is 0 Å². The average molecular weight is 347 g/mol. The number of rotatable bonds is 7. The fraction of sp³-hybridized carbons (Fsp3) is 0.368. The number of nitrogens with one attached hydrogen (secondary N) is 1. The molecule has 0 amide bonds. The number of benzene rings is 2. The molecule has 0 spiro atoms. The third-order valence-corrected chi connectivity index (χ3v) is 5.32. The van der Waals surface area contributed by atoms with Gasteiger partial charge in [-0.05, 0) is 56.0 Å². The first-order chi connectivity index (χ1) is 11.3. The number of aryl methyl sites for hydroxylation is 2. The van der Waals surface area contributed by atoms with Crippen LogP contribution in [0.5, 0.6) is 0 Å². The zero-order valence-electron chi connectivity index (χ0n) is 14.7. The smallest absolute Gasteiger partial charge is 0.241 e. The van der Waals surface area contributed by atoms with Crippen LogP contribution in [-0.4, -0.2) is 14.5 Å². The molecular formula is C19H25NO3S. The molecule has 24 heavy (non-hydrogen) atoms. The van der Waals surface area contributed by atoms with Gasteiger partial charge >= 0.3 is 0 Å². The van der Waals surface area contributed by atoms with Crippen LogP contribution in [0.15, 0.2) is 47.4 Å². The SMILES string of the molecule is Cc1ccc(C)c(S(=O)(=O)NCc2ccccc2COC(C)C)c1. The van der Waals surface area contributed by atoms with E-state index >= 15 is 0 Å². The summed E-state index contributed by atoms with van der Waals surface area (Å²) in [4.78, 5) is 0.332. The van der Waals surface area contributed by atoms with Gasteiger partial charge in [0, 0.05) is 6.54 Å². The van der Waals surface area contributed by atoms with Crippen molar-refractivity contribution in [3.8, 4) is 0 Å². The highest BCUT2D eigenvalue weighted by Gasteiger charge is 2.17. The van der Waals surface area contributed by atoms with Crippen LogP contribution in [0.3, 0.4) is 0 Å². The van der Waals surface area contributed by atoms with Gasteiger partial charge in [-0.25, -0.2) is 13.1 Å². The predicted molar refractivity (Wildman–Crippen MR) is 96.3 cm³/mol. The van der Waals surface area contributed by atoms with Gasteiger partial charge in [-0.1, -0.05) is 36.4 Å². The van der Waals surface area contributed by atoms with E-state index in [4.69, 9.17) is 4.74 Å². The van der Waals surface area contributed by atoms with Crippen molar-refractivity contribution >= 4 is 10.0 Å². The maximum Gasteiger partial charge on any atom is 0.241 e. The van der Waals surface area contributed by atoms with Gasteiger partial charge in [0.2, 0.25) is 10.0 Å². The van der Waals surface area contributed by atoms with Crippen molar-refractivity contribution in [2.45, 2.75) is 51.8 Å². The molecule has 5 heteroatoms. The van der Waals surface area contributed by atoms with E-state index in [0.29, 0.717) is 11.5 Å². The molecule has 0 unspecified atom stereocenters. The van der Waals surface area contributed by atoms with Gasteiger partial charge in [0.1, 0.15) is 0 Å². The van der Waals surface area contributed by atoms with Crippen molar-refractivity contribution in [1.82, 2.24) is 4.72 Å². The summed E-state index contributed by atoms with van der Waals surface area (Å²) in [6.07, 6.45) is 0.129. The van der Waals surface area contributed by atoms with Crippen molar-refractivity contribution in [3.05, 3.63) is 64.7 Å². The van der Waals surface area contributed by atoms with Crippen molar-refractivity contribution in [1.29, 1.82) is 0 Å². The summed E-state index contributed by atoms with van der Waals surface area (Å²) >= 11 is 0. The Morgan fingerprint density at radius 2 is 1.71 bits per heavy atom. The summed E-state index contributed by atoms with van der Waals surface area (Å²) in [5, 5.41) is 0. The molecule has 2 aromatic carbocycles. The molecule has 130 valence electrons. The van der Waals surface area contributed by atoms with Crippen LogP contribution in [-0.2, 0) is 27.9 Å².